The molecule has 0 aliphatic carbocycles. The highest BCUT2D eigenvalue weighted by molar-refractivity contribution is 9.10. The fourth-order valence-electron chi connectivity index (χ4n) is 2.52. The van der Waals surface area contributed by atoms with E-state index in [0.717, 1.165) is 10.0 Å². The smallest absolute Gasteiger partial charge is 0.260 e. The molecule has 7 heteroatoms. The maximum Gasteiger partial charge on any atom is 0.260 e. The van der Waals surface area contributed by atoms with Gasteiger partial charge in [0.2, 0.25) is 5.82 Å². The van der Waals surface area contributed by atoms with Crippen LogP contribution in [0, 0.1) is 0 Å². The van der Waals surface area contributed by atoms with Gasteiger partial charge >= 0.3 is 0 Å². The number of amides is 1. The maximum absolute atomic E-state index is 12.5. The lowest BCUT2D eigenvalue weighted by molar-refractivity contribution is 0.102. The second kappa shape index (κ2) is 7.51. The molecular formula is C20H13BrN4O2. The summed E-state index contributed by atoms with van der Waals surface area (Å²) in [6.45, 7) is 0. The minimum absolute atomic E-state index is 0.220. The number of hydrogen-bond donors (Lipinski definition) is 1. The van der Waals surface area contributed by atoms with Crippen LogP contribution in [0.5, 0.6) is 0 Å². The summed E-state index contributed by atoms with van der Waals surface area (Å²) < 4.78 is 6.31. The van der Waals surface area contributed by atoms with Crippen LogP contribution in [-0.2, 0) is 0 Å². The lowest BCUT2D eigenvalue weighted by atomic mass is 10.1. The van der Waals surface area contributed by atoms with Gasteiger partial charge in [0, 0.05) is 28.0 Å². The van der Waals surface area contributed by atoms with E-state index >= 15 is 0 Å². The topological polar surface area (TPSA) is 80.9 Å². The lowest BCUT2D eigenvalue weighted by Crippen LogP contribution is -2.12. The van der Waals surface area contributed by atoms with Crippen LogP contribution in [0.2, 0.25) is 0 Å². The first-order valence-corrected chi connectivity index (χ1v) is 8.90. The van der Waals surface area contributed by atoms with Crippen molar-refractivity contribution in [3.63, 3.8) is 0 Å². The van der Waals surface area contributed by atoms with E-state index in [-0.39, 0.29) is 5.91 Å². The normalized spacial score (nSPS) is 10.6. The largest absolute Gasteiger partial charge is 0.334 e. The van der Waals surface area contributed by atoms with Gasteiger partial charge in [-0.3, -0.25) is 9.78 Å². The van der Waals surface area contributed by atoms with Gasteiger partial charge in [0.05, 0.1) is 11.3 Å². The molecule has 1 amide bonds. The third-order valence-electron chi connectivity index (χ3n) is 3.86. The molecule has 6 nitrogen and oxygen atoms in total. The van der Waals surface area contributed by atoms with Crippen LogP contribution in [0.15, 0.2) is 82.1 Å². The van der Waals surface area contributed by atoms with Crippen LogP contribution in [0.4, 0.5) is 5.69 Å². The van der Waals surface area contributed by atoms with E-state index in [1.807, 2.05) is 36.4 Å². The molecule has 0 bridgehead atoms. The predicted molar refractivity (Wildman–Crippen MR) is 105 cm³/mol. The summed E-state index contributed by atoms with van der Waals surface area (Å²) in [5.74, 6) is 0.537. The highest BCUT2D eigenvalue weighted by atomic mass is 79.9. The van der Waals surface area contributed by atoms with Crippen molar-refractivity contribution in [2.24, 2.45) is 0 Å². The SMILES string of the molecule is O=C(Nc1ccccc1-c1nc(-c2cccnc2)no1)c1ccc(Br)cc1. The highest BCUT2D eigenvalue weighted by Gasteiger charge is 2.16. The van der Waals surface area contributed by atoms with Gasteiger partial charge in [-0.1, -0.05) is 33.2 Å². The van der Waals surface area contributed by atoms with Gasteiger partial charge in [0.25, 0.3) is 11.8 Å². The van der Waals surface area contributed by atoms with Crippen LogP contribution >= 0.6 is 15.9 Å². The molecule has 0 aliphatic rings. The quantitative estimate of drug-likeness (QED) is 0.511. The molecule has 0 radical (unpaired) electrons. The summed E-state index contributed by atoms with van der Waals surface area (Å²) in [6, 6.07) is 18.1. The molecule has 1 N–H and O–H groups in total. The Morgan fingerprint density at radius 1 is 1.00 bits per heavy atom. The van der Waals surface area contributed by atoms with Crippen molar-refractivity contribution in [1.29, 1.82) is 0 Å². The predicted octanol–water partition coefficient (Wildman–Crippen LogP) is 4.81. The summed E-state index contributed by atoms with van der Waals surface area (Å²) in [6.07, 6.45) is 3.34. The first-order valence-electron chi connectivity index (χ1n) is 8.11. The Hall–Kier alpha value is -3.32. The van der Waals surface area contributed by atoms with Crippen LogP contribution in [0.3, 0.4) is 0 Å². The third-order valence-corrected chi connectivity index (χ3v) is 4.39. The van der Waals surface area contributed by atoms with Gasteiger partial charge < -0.3 is 9.84 Å². The van der Waals surface area contributed by atoms with Gasteiger partial charge in [-0.25, -0.2) is 0 Å². The number of anilines is 1. The number of carbonyl (C=O) groups is 1. The van der Waals surface area contributed by atoms with Crippen LogP contribution in [-0.4, -0.2) is 21.0 Å². The number of nitrogens with zero attached hydrogens (tertiary/aromatic N) is 3. The van der Waals surface area contributed by atoms with E-state index in [1.54, 1.807) is 36.7 Å². The van der Waals surface area contributed by atoms with Crippen molar-refractivity contribution in [1.82, 2.24) is 15.1 Å². The van der Waals surface area contributed by atoms with Crippen molar-refractivity contribution in [3.05, 3.63) is 83.1 Å². The maximum atomic E-state index is 12.5. The summed E-state index contributed by atoms with van der Waals surface area (Å²) in [4.78, 5) is 21.0. The summed E-state index contributed by atoms with van der Waals surface area (Å²) in [5, 5.41) is 6.91. The van der Waals surface area contributed by atoms with Crippen molar-refractivity contribution in [3.8, 4) is 22.8 Å². The molecule has 2 aromatic heterocycles. The fourth-order valence-corrected chi connectivity index (χ4v) is 2.78. The molecule has 2 aromatic carbocycles. The van der Waals surface area contributed by atoms with Gasteiger partial charge in [-0.2, -0.15) is 4.98 Å². The Labute approximate surface area is 163 Å². The molecule has 0 aliphatic heterocycles. The minimum Gasteiger partial charge on any atom is -0.334 e. The number of pyridine rings is 1. The molecule has 0 spiro atoms. The number of halogens is 1. The third kappa shape index (κ3) is 3.78. The summed E-state index contributed by atoms with van der Waals surface area (Å²) >= 11 is 3.36. The van der Waals surface area contributed by atoms with Crippen molar-refractivity contribution >= 4 is 27.5 Å². The van der Waals surface area contributed by atoms with Crippen LogP contribution in [0.1, 0.15) is 10.4 Å². The van der Waals surface area contributed by atoms with Gasteiger partial charge in [0.15, 0.2) is 0 Å². The van der Waals surface area contributed by atoms with Gasteiger partial charge in [0.1, 0.15) is 0 Å². The second-order valence-electron chi connectivity index (χ2n) is 5.67. The lowest BCUT2D eigenvalue weighted by Gasteiger charge is -2.08. The molecule has 0 saturated carbocycles. The van der Waals surface area contributed by atoms with E-state index in [2.05, 4.69) is 36.4 Å². The Kier molecular flexibility index (Phi) is 4.76. The average Bonchev–Trinajstić information content (AvgIpc) is 3.19. The van der Waals surface area contributed by atoms with Crippen LogP contribution < -0.4 is 5.32 Å². The zero-order valence-corrected chi connectivity index (χ0v) is 15.6. The monoisotopic (exact) mass is 420 g/mol. The van der Waals surface area contributed by atoms with Gasteiger partial charge in [-0.15, -0.1) is 0 Å². The van der Waals surface area contributed by atoms with E-state index in [4.69, 9.17) is 4.52 Å². The molecule has 0 saturated heterocycles. The first kappa shape index (κ1) is 17.1. The van der Waals surface area contributed by atoms with E-state index in [1.165, 1.54) is 0 Å². The minimum atomic E-state index is -0.220. The Morgan fingerprint density at radius 3 is 2.59 bits per heavy atom. The molecule has 4 rings (SSSR count). The molecule has 27 heavy (non-hydrogen) atoms. The number of aromatic nitrogens is 3. The Balaban J connectivity index is 1.63. The standard InChI is InChI=1S/C20H13BrN4O2/c21-15-9-7-13(8-10-15)19(26)23-17-6-2-1-5-16(17)20-24-18(25-27-20)14-4-3-11-22-12-14/h1-12H,(H,23,26). The summed E-state index contributed by atoms with van der Waals surface area (Å²) in [5.41, 5.74) is 2.54. The van der Waals surface area contributed by atoms with Crippen LogP contribution in [0.25, 0.3) is 22.8 Å². The molecule has 0 atom stereocenters. The number of hydrogen-bond acceptors (Lipinski definition) is 5. The number of nitrogens with one attached hydrogen (secondary N) is 1. The van der Waals surface area contributed by atoms with E-state index in [0.29, 0.717) is 28.5 Å². The summed E-state index contributed by atoms with van der Waals surface area (Å²) in [7, 11) is 0. The number of rotatable bonds is 4. The van der Waals surface area contributed by atoms with E-state index in [9.17, 15) is 4.79 Å². The zero-order chi connectivity index (χ0) is 18.6. The second-order valence-corrected chi connectivity index (χ2v) is 6.59. The molecule has 132 valence electrons. The van der Waals surface area contributed by atoms with Crippen molar-refractivity contribution in [2.75, 3.05) is 5.32 Å². The Bertz CT molecular complexity index is 1080. The fraction of sp³-hybridized carbons (Fsp3) is 0. The molecule has 2 heterocycles. The zero-order valence-electron chi connectivity index (χ0n) is 14.0. The number of para-hydroxylation sites is 1. The van der Waals surface area contributed by atoms with Crippen molar-refractivity contribution in [2.45, 2.75) is 0 Å². The molecule has 4 aromatic rings. The highest BCUT2D eigenvalue weighted by Crippen LogP contribution is 2.28. The van der Waals surface area contributed by atoms with Gasteiger partial charge in [-0.05, 0) is 48.5 Å². The Morgan fingerprint density at radius 2 is 1.81 bits per heavy atom. The number of benzene rings is 2. The average molecular weight is 421 g/mol. The molecule has 0 unspecified atom stereocenters. The van der Waals surface area contributed by atoms with E-state index < -0.39 is 0 Å². The molecular weight excluding hydrogens is 408 g/mol. The number of carbonyl (C=O) groups excluding carboxylic acids is 1. The van der Waals surface area contributed by atoms with Crippen molar-refractivity contribution < 1.29 is 9.32 Å². The molecule has 0 fully saturated rings. The first-order chi connectivity index (χ1) is 13.2.